The first-order valence-electron chi connectivity index (χ1n) is 5.93. The number of fused-ring (bicyclic) bond motifs is 1. The topological polar surface area (TPSA) is 42.7 Å². The molecule has 0 spiro atoms. The summed E-state index contributed by atoms with van der Waals surface area (Å²) in [4.78, 5) is 14.3. The monoisotopic (exact) mass is 299 g/mol. The van der Waals surface area contributed by atoms with Gasteiger partial charge in [-0.3, -0.25) is 4.79 Å². The molecule has 2 aliphatic rings. The molecule has 0 aromatic carbocycles. The lowest BCUT2D eigenvalue weighted by molar-refractivity contribution is -0.0446. The van der Waals surface area contributed by atoms with Gasteiger partial charge < -0.3 is 14.1 Å². The van der Waals surface area contributed by atoms with Gasteiger partial charge in [-0.1, -0.05) is 0 Å². The second kappa shape index (κ2) is 4.46. The molecule has 1 saturated heterocycles. The van der Waals surface area contributed by atoms with Crippen LogP contribution in [0.15, 0.2) is 21.4 Å². The van der Waals surface area contributed by atoms with Gasteiger partial charge in [-0.05, 0) is 41.3 Å². The Kier molecular flexibility index (Phi) is 2.96. The van der Waals surface area contributed by atoms with Gasteiger partial charge in [-0.2, -0.15) is 0 Å². The van der Waals surface area contributed by atoms with E-state index in [1.807, 2.05) is 4.90 Å². The molecular formula is C12H14BrNO3. The molecule has 0 bridgehead atoms. The van der Waals surface area contributed by atoms with E-state index < -0.39 is 0 Å². The quantitative estimate of drug-likeness (QED) is 0.800. The third-order valence-corrected chi connectivity index (χ3v) is 4.21. The lowest BCUT2D eigenvalue weighted by Crippen LogP contribution is -2.51. The molecule has 1 aromatic heterocycles. The number of morpholine rings is 1. The van der Waals surface area contributed by atoms with Gasteiger partial charge in [0, 0.05) is 6.54 Å². The SMILES string of the molecule is O=C(c1ccoc1Br)N1CCOC2CCCC21. The largest absolute Gasteiger partial charge is 0.457 e. The van der Waals surface area contributed by atoms with E-state index in [2.05, 4.69) is 15.9 Å². The van der Waals surface area contributed by atoms with E-state index in [1.54, 1.807) is 6.07 Å². The van der Waals surface area contributed by atoms with Crippen molar-refractivity contribution in [2.45, 2.75) is 31.4 Å². The first-order valence-corrected chi connectivity index (χ1v) is 6.72. The Bertz CT molecular complexity index is 431. The molecule has 1 amide bonds. The van der Waals surface area contributed by atoms with Crippen LogP contribution in [0, 0.1) is 0 Å². The smallest absolute Gasteiger partial charge is 0.258 e. The van der Waals surface area contributed by atoms with Crippen molar-refractivity contribution >= 4 is 21.8 Å². The van der Waals surface area contributed by atoms with Crippen molar-refractivity contribution < 1.29 is 13.9 Å². The van der Waals surface area contributed by atoms with E-state index in [-0.39, 0.29) is 18.1 Å². The van der Waals surface area contributed by atoms with Crippen LogP contribution in [0.1, 0.15) is 29.6 Å². The Balaban J connectivity index is 1.83. The number of halogens is 1. The molecule has 1 aliphatic heterocycles. The molecule has 5 heteroatoms. The van der Waals surface area contributed by atoms with E-state index in [9.17, 15) is 4.79 Å². The summed E-state index contributed by atoms with van der Waals surface area (Å²) >= 11 is 3.26. The number of carbonyl (C=O) groups excluding carboxylic acids is 1. The zero-order valence-corrected chi connectivity index (χ0v) is 11.0. The van der Waals surface area contributed by atoms with Crippen LogP contribution in [-0.4, -0.2) is 36.1 Å². The minimum Gasteiger partial charge on any atom is -0.457 e. The maximum atomic E-state index is 12.4. The Labute approximate surface area is 108 Å². The molecular weight excluding hydrogens is 286 g/mol. The molecule has 17 heavy (non-hydrogen) atoms. The van der Waals surface area contributed by atoms with Gasteiger partial charge in [-0.25, -0.2) is 0 Å². The highest BCUT2D eigenvalue weighted by atomic mass is 79.9. The van der Waals surface area contributed by atoms with Gasteiger partial charge in [-0.15, -0.1) is 0 Å². The molecule has 0 N–H and O–H groups in total. The summed E-state index contributed by atoms with van der Waals surface area (Å²) in [5.41, 5.74) is 0.609. The van der Waals surface area contributed by atoms with Crippen LogP contribution >= 0.6 is 15.9 Å². The number of furan rings is 1. The number of nitrogens with zero attached hydrogens (tertiary/aromatic N) is 1. The highest BCUT2D eigenvalue weighted by molar-refractivity contribution is 9.10. The lowest BCUT2D eigenvalue weighted by Gasteiger charge is -2.37. The standard InChI is InChI=1S/C12H14BrNO3/c13-11-8(4-6-17-11)12(15)14-5-7-16-10-3-1-2-9(10)14/h4,6,9-10H,1-3,5,7H2. The van der Waals surface area contributed by atoms with Crippen molar-refractivity contribution in [3.63, 3.8) is 0 Å². The summed E-state index contributed by atoms with van der Waals surface area (Å²) in [5.74, 6) is 0.0471. The fourth-order valence-corrected chi connectivity index (χ4v) is 3.19. The number of rotatable bonds is 1. The zero-order chi connectivity index (χ0) is 11.8. The molecule has 2 heterocycles. The number of ether oxygens (including phenoxy) is 1. The van der Waals surface area contributed by atoms with Gasteiger partial charge in [0.15, 0.2) is 4.67 Å². The van der Waals surface area contributed by atoms with E-state index in [4.69, 9.17) is 9.15 Å². The average molecular weight is 300 g/mol. The predicted molar refractivity (Wildman–Crippen MR) is 64.8 cm³/mol. The Morgan fingerprint density at radius 2 is 2.35 bits per heavy atom. The van der Waals surface area contributed by atoms with Crippen LogP contribution in [0.5, 0.6) is 0 Å². The highest BCUT2D eigenvalue weighted by Crippen LogP contribution is 2.31. The molecule has 1 aliphatic carbocycles. The van der Waals surface area contributed by atoms with Crippen LogP contribution in [0.4, 0.5) is 0 Å². The fraction of sp³-hybridized carbons (Fsp3) is 0.583. The number of hydrogen-bond donors (Lipinski definition) is 0. The van der Waals surface area contributed by atoms with Crippen LogP contribution in [-0.2, 0) is 4.74 Å². The summed E-state index contributed by atoms with van der Waals surface area (Å²) in [6.07, 6.45) is 5.03. The number of carbonyl (C=O) groups is 1. The van der Waals surface area contributed by atoms with E-state index in [1.165, 1.54) is 6.26 Å². The lowest BCUT2D eigenvalue weighted by atomic mass is 10.1. The van der Waals surface area contributed by atoms with Gasteiger partial charge in [0.25, 0.3) is 5.91 Å². The summed E-state index contributed by atoms with van der Waals surface area (Å²) in [6.45, 7) is 1.32. The minimum atomic E-state index is 0.0471. The number of hydrogen-bond acceptors (Lipinski definition) is 3. The van der Waals surface area contributed by atoms with E-state index in [0.717, 1.165) is 19.3 Å². The van der Waals surface area contributed by atoms with Crippen molar-refractivity contribution in [2.75, 3.05) is 13.2 Å². The van der Waals surface area contributed by atoms with Gasteiger partial charge >= 0.3 is 0 Å². The molecule has 1 saturated carbocycles. The van der Waals surface area contributed by atoms with Crippen LogP contribution in [0.2, 0.25) is 0 Å². The van der Waals surface area contributed by atoms with Crippen LogP contribution in [0.3, 0.4) is 0 Å². The third-order valence-electron chi connectivity index (χ3n) is 3.59. The fourth-order valence-electron chi connectivity index (χ4n) is 2.78. The molecule has 3 rings (SSSR count). The average Bonchev–Trinajstić information content (AvgIpc) is 2.95. The second-order valence-electron chi connectivity index (χ2n) is 4.51. The van der Waals surface area contributed by atoms with Crippen LogP contribution in [0.25, 0.3) is 0 Å². The maximum Gasteiger partial charge on any atom is 0.258 e. The molecule has 2 atom stereocenters. The van der Waals surface area contributed by atoms with Gasteiger partial charge in [0.05, 0.1) is 30.6 Å². The molecule has 1 aromatic rings. The number of amides is 1. The maximum absolute atomic E-state index is 12.4. The van der Waals surface area contributed by atoms with Crippen molar-refractivity contribution in [2.24, 2.45) is 0 Å². The Hall–Kier alpha value is -0.810. The highest BCUT2D eigenvalue weighted by Gasteiger charge is 2.39. The molecule has 92 valence electrons. The van der Waals surface area contributed by atoms with Crippen molar-refractivity contribution in [1.82, 2.24) is 4.90 Å². The minimum absolute atomic E-state index is 0.0471. The second-order valence-corrected chi connectivity index (χ2v) is 5.23. The summed E-state index contributed by atoms with van der Waals surface area (Å²) < 4.78 is 11.3. The van der Waals surface area contributed by atoms with Gasteiger partial charge in [0.2, 0.25) is 0 Å². The van der Waals surface area contributed by atoms with E-state index in [0.29, 0.717) is 23.4 Å². The van der Waals surface area contributed by atoms with Crippen molar-refractivity contribution in [3.8, 4) is 0 Å². The summed E-state index contributed by atoms with van der Waals surface area (Å²) in [5, 5.41) is 0. The zero-order valence-electron chi connectivity index (χ0n) is 9.39. The molecule has 2 fully saturated rings. The first kappa shape index (κ1) is 11.3. The third kappa shape index (κ3) is 1.91. The first-order chi connectivity index (χ1) is 8.27. The Morgan fingerprint density at radius 3 is 3.12 bits per heavy atom. The van der Waals surface area contributed by atoms with Gasteiger partial charge in [0.1, 0.15) is 0 Å². The summed E-state index contributed by atoms with van der Waals surface area (Å²) in [6, 6.07) is 1.96. The molecule has 0 radical (unpaired) electrons. The van der Waals surface area contributed by atoms with Crippen LogP contribution < -0.4 is 0 Å². The normalized spacial score (nSPS) is 28.2. The molecule has 2 unspecified atom stereocenters. The summed E-state index contributed by atoms with van der Waals surface area (Å²) in [7, 11) is 0. The van der Waals surface area contributed by atoms with Crippen molar-refractivity contribution in [3.05, 3.63) is 22.6 Å². The predicted octanol–water partition coefficient (Wildman–Crippen LogP) is 2.44. The van der Waals surface area contributed by atoms with E-state index >= 15 is 0 Å². The molecule has 4 nitrogen and oxygen atoms in total. The Morgan fingerprint density at radius 1 is 1.47 bits per heavy atom. The van der Waals surface area contributed by atoms with Crippen molar-refractivity contribution in [1.29, 1.82) is 0 Å².